The summed E-state index contributed by atoms with van der Waals surface area (Å²) in [5.74, 6) is -2.52. The molecule has 31 heavy (non-hydrogen) atoms. The van der Waals surface area contributed by atoms with Crippen LogP contribution in [-0.2, 0) is 7.05 Å². The number of rotatable bonds is 5. The maximum absolute atomic E-state index is 14.2. The molecule has 7 nitrogen and oxygen atoms in total. The summed E-state index contributed by atoms with van der Waals surface area (Å²) in [4.78, 5) is 19.2. The number of nitrogens with one attached hydrogen (secondary N) is 1. The quantitative estimate of drug-likeness (QED) is 0.640. The van der Waals surface area contributed by atoms with Crippen LogP contribution < -0.4 is 15.0 Å². The Morgan fingerprint density at radius 3 is 2.65 bits per heavy atom. The van der Waals surface area contributed by atoms with Gasteiger partial charge in [-0.25, -0.2) is 13.8 Å². The van der Waals surface area contributed by atoms with Crippen molar-refractivity contribution in [1.29, 1.82) is 0 Å². The van der Waals surface area contributed by atoms with Gasteiger partial charge < -0.3 is 15.0 Å². The summed E-state index contributed by atoms with van der Waals surface area (Å²) in [6.45, 7) is 3.56. The minimum Gasteiger partial charge on any atom is -0.497 e. The highest BCUT2D eigenvalue weighted by molar-refractivity contribution is 7.13. The monoisotopic (exact) mass is 445 g/mol. The summed E-state index contributed by atoms with van der Waals surface area (Å²) < 4.78 is 34.8. The Bertz CT molecular complexity index is 1130. The maximum Gasteiger partial charge on any atom is 0.276 e. The average Bonchev–Trinajstić information content (AvgIpc) is 3.41. The summed E-state index contributed by atoms with van der Waals surface area (Å²) in [5.41, 5.74) is 2.56. The first-order valence-corrected chi connectivity index (χ1v) is 10.5. The first-order valence-electron chi connectivity index (χ1n) is 9.59. The van der Waals surface area contributed by atoms with Crippen molar-refractivity contribution in [2.75, 3.05) is 30.4 Å². The summed E-state index contributed by atoms with van der Waals surface area (Å²) in [6.07, 6.45) is 2.64. The molecule has 0 spiro atoms. The van der Waals surface area contributed by atoms with Crippen LogP contribution in [0.2, 0.25) is 0 Å². The van der Waals surface area contributed by atoms with Crippen LogP contribution in [0, 0.1) is 11.6 Å². The molecule has 1 aromatic carbocycles. The number of benzene rings is 1. The largest absolute Gasteiger partial charge is 0.497 e. The molecule has 0 fully saturated rings. The van der Waals surface area contributed by atoms with Gasteiger partial charge in [0.1, 0.15) is 11.4 Å². The standard InChI is InChI=1S/C21H21F2N5O2S/c1-12-4-6-28(21-24-5-7-31-21)11-14(12)18-10-17(26-27(18)2)20(29)25-19-15(22)8-13(30-3)9-16(19)23/h5,7-10H,4,6,11H2,1-3H3,(H,25,29). The third kappa shape index (κ3) is 4.15. The van der Waals surface area contributed by atoms with Gasteiger partial charge in [-0.15, -0.1) is 11.3 Å². The molecule has 0 unspecified atom stereocenters. The lowest BCUT2D eigenvalue weighted by molar-refractivity contribution is 0.102. The first kappa shape index (κ1) is 21.0. The lowest BCUT2D eigenvalue weighted by Gasteiger charge is -2.29. The Balaban J connectivity index is 1.58. The van der Waals surface area contributed by atoms with E-state index in [1.54, 1.807) is 35.3 Å². The molecule has 0 bridgehead atoms. The van der Waals surface area contributed by atoms with E-state index in [2.05, 4.69) is 27.2 Å². The first-order chi connectivity index (χ1) is 14.9. The van der Waals surface area contributed by atoms with Crippen molar-refractivity contribution in [2.24, 2.45) is 7.05 Å². The number of carbonyl (C=O) groups is 1. The number of nitrogens with zero attached hydrogens (tertiary/aromatic N) is 4. The van der Waals surface area contributed by atoms with Crippen LogP contribution in [-0.4, -0.2) is 40.9 Å². The number of aryl methyl sites for hydroxylation is 1. The van der Waals surface area contributed by atoms with Crippen molar-refractivity contribution in [1.82, 2.24) is 14.8 Å². The molecule has 0 aliphatic carbocycles. The smallest absolute Gasteiger partial charge is 0.276 e. The summed E-state index contributed by atoms with van der Waals surface area (Å²) >= 11 is 1.57. The highest BCUT2D eigenvalue weighted by Crippen LogP contribution is 2.31. The number of hydrogen-bond donors (Lipinski definition) is 1. The van der Waals surface area contributed by atoms with Crippen molar-refractivity contribution < 1.29 is 18.3 Å². The molecule has 1 aliphatic heterocycles. The Hall–Kier alpha value is -3.27. The third-order valence-corrected chi connectivity index (χ3v) is 6.05. The fourth-order valence-electron chi connectivity index (χ4n) is 3.52. The van der Waals surface area contributed by atoms with Crippen molar-refractivity contribution in [2.45, 2.75) is 13.3 Å². The van der Waals surface area contributed by atoms with Gasteiger partial charge in [-0.05, 0) is 25.0 Å². The number of carbonyl (C=O) groups excluding carboxylic acids is 1. The number of amides is 1. The van der Waals surface area contributed by atoms with Gasteiger partial charge in [-0.3, -0.25) is 9.48 Å². The van der Waals surface area contributed by atoms with Crippen LogP contribution in [0.25, 0.3) is 5.57 Å². The van der Waals surface area contributed by atoms with Gasteiger partial charge in [0.25, 0.3) is 5.91 Å². The number of ether oxygens (including phenoxy) is 1. The lowest BCUT2D eigenvalue weighted by atomic mass is 9.99. The van der Waals surface area contributed by atoms with Gasteiger partial charge in [0.2, 0.25) is 0 Å². The van der Waals surface area contributed by atoms with Gasteiger partial charge in [0, 0.05) is 43.8 Å². The van der Waals surface area contributed by atoms with Gasteiger partial charge >= 0.3 is 0 Å². The highest BCUT2D eigenvalue weighted by Gasteiger charge is 2.24. The molecule has 4 rings (SSSR count). The maximum atomic E-state index is 14.2. The zero-order chi connectivity index (χ0) is 22.1. The van der Waals surface area contributed by atoms with Gasteiger partial charge in [-0.2, -0.15) is 5.10 Å². The van der Waals surface area contributed by atoms with Crippen LogP contribution in [0.1, 0.15) is 29.5 Å². The zero-order valence-corrected chi connectivity index (χ0v) is 18.1. The molecule has 162 valence electrons. The van der Waals surface area contributed by atoms with E-state index in [1.165, 1.54) is 12.7 Å². The second kappa shape index (κ2) is 8.46. The molecule has 0 saturated carbocycles. The second-order valence-corrected chi connectivity index (χ2v) is 8.08. The van der Waals surface area contributed by atoms with E-state index in [-0.39, 0.29) is 11.4 Å². The minimum atomic E-state index is -0.925. The van der Waals surface area contributed by atoms with Crippen LogP contribution in [0.3, 0.4) is 0 Å². The van der Waals surface area contributed by atoms with Gasteiger partial charge in [0.05, 0.1) is 12.8 Å². The molecule has 2 aromatic heterocycles. The molecule has 1 N–H and O–H groups in total. The van der Waals surface area contributed by atoms with Gasteiger partial charge in [0.15, 0.2) is 22.5 Å². The Kier molecular flexibility index (Phi) is 5.73. The SMILES string of the molecule is COc1cc(F)c(NC(=O)c2cc(C3=C(C)CCN(c4nccs4)C3)n(C)n2)c(F)c1. The Labute approximate surface area is 182 Å². The molecular formula is C21H21F2N5O2S. The number of anilines is 2. The summed E-state index contributed by atoms with van der Waals surface area (Å²) in [5, 5.41) is 9.42. The number of aromatic nitrogens is 3. The molecule has 1 aliphatic rings. The predicted octanol–water partition coefficient (Wildman–Crippen LogP) is 4.10. The fourth-order valence-corrected chi connectivity index (χ4v) is 4.19. The molecule has 3 aromatic rings. The predicted molar refractivity (Wildman–Crippen MR) is 116 cm³/mol. The second-order valence-electron chi connectivity index (χ2n) is 7.20. The number of thiazole rings is 1. The molecule has 0 saturated heterocycles. The van der Waals surface area contributed by atoms with E-state index in [9.17, 15) is 13.6 Å². The highest BCUT2D eigenvalue weighted by atomic mass is 32.1. The lowest BCUT2D eigenvalue weighted by Crippen LogP contribution is -2.31. The van der Waals surface area contributed by atoms with Crippen molar-refractivity contribution in [3.63, 3.8) is 0 Å². The van der Waals surface area contributed by atoms with E-state index >= 15 is 0 Å². The van der Waals surface area contributed by atoms with Crippen molar-refractivity contribution in [3.8, 4) is 5.75 Å². The molecule has 3 heterocycles. The van der Waals surface area contributed by atoms with Gasteiger partial charge in [-0.1, -0.05) is 5.57 Å². The number of halogens is 2. The average molecular weight is 445 g/mol. The van der Waals surface area contributed by atoms with Crippen LogP contribution in [0.4, 0.5) is 19.6 Å². The van der Waals surface area contributed by atoms with E-state index < -0.39 is 23.2 Å². The topological polar surface area (TPSA) is 72.3 Å². The van der Waals surface area contributed by atoms with Crippen molar-refractivity contribution >= 4 is 33.6 Å². The molecule has 0 atom stereocenters. The van der Waals surface area contributed by atoms with E-state index in [0.717, 1.165) is 41.5 Å². The van der Waals surface area contributed by atoms with E-state index in [0.29, 0.717) is 6.54 Å². The minimum absolute atomic E-state index is 0.0256. The van der Waals surface area contributed by atoms with E-state index in [1.807, 2.05) is 5.38 Å². The molecule has 10 heteroatoms. The number of methoxy groups -OCH3 is 1. The molecular weight excluding hydrogens is 424 g/mol. The van der Waals surface area contributed by atoms with E-state index in [4.69, 9.17) is 4.74 Å². The van der Waals surface area contributed by atoms with Crippen LogP contribution in [0.15, 0.2) is 35.3 Å². The Morgan fingerprint density at radius 2 is 2.00 bits per heavy atom. The number of hydrogen-bond acceptors (Lipinski definition) is 6. The van der Waals surface area contributed by atoms with Crippen LogP contribution in [0.5, 0.6) is 5.75 Å². The van der Waals surface area contributed by atoms with Crippen LogP contribution >= 0.6 is 11.3 Å². The van der Waals surface area contributed by atoms with Crippen molar-refractivity contribution in [3.05, 3.63) is 58.4 Å². The normalized spacial score (nSPS) is 14.2. The Morgan fingerprint density at radius 1 is 1.26 bits per heavy atom. The molecule has 1 amide bonds. The fraction of sp³-hybridized carbons (Fsp3) is 0.286. The molecule has 0 radical (unpaired) electrons. The zero-order valence-electron chi connectivity index (χ0n) is 17.3. The summed E-state index contributed by atoms with van der Waals surface area (Å²) in [6, 6.07) is 3.65. The third-order valence-electron chi connectivity index (χ3n) is 5.22. The summed E-state index contributed by atoms with van der Waals surface area (Å²) in [7, 11) is 3.04.